The Balaban J connectivity index is 1.63. The van der Waals surface area contributed by atoms with Crippen molar-refractivity contribution >= 4 is 23.2 Å². The summed E-state index contributed by atoms with van der Waals surface area (Å²) in [7, 11) is 3.08. The number of nitrogens with one attached hydrogen (secondary N) is 1. The molecule has 3 rings (SSSR count). The summed E-state index contributed by atoms with van der Waals surface area (Å²) >= 11 is 6.19. The summed E-state index contributed by atoms with van der Waals surface area (Å²) in [4.78, 5) is 17.6. The molecule has 2 aliphatic rings. The van der Waals surface area contributed by atoms with Gasteiger partial charge in [0.15, 0.2) is 0 Å². The number of carbonyl (C=O) groups excluding carboxylic acids is 1. The van der Waals surface area contributed by atoms with Gasteiger partial charge >= 0.3 is 0 Å². The number of carbonyl (C=O) groups is 1. The van der Waals surface area contributed by atoms with Crippen molar-refractivity contribution < 1.29 is 23.8 Å². The summed E-state index contributed by atoms with van der Waals surface area (Å²) in [5.41, 5.74) is 1.29. The Morgan fingerprint density at radius 3 is 2.84 bits per heavy atom. The van der Waals surface area contributed by atoms with Crippen LogP contribution in [-0.4, -0.2) is 51.2 Å². The van der Waals surface area contributed by atoms with Gasteiger partial charge < -0.3 is 24.4 Å². The number of oxime groups is 1. The Kier molecular flexibility index (Phi) is 5.65. The Morgan fingerprint density at radius 1 is 1.36 bits per heavy atom. The molecule has 1 aromatic carbocycles. The molecule has 2 atom stereocenters. The highest BCUT2D eigenvalue weighted by molar-refractivity contribution is 6.32. The molecule has 1 amide bonds. The lowest BCUT2D eigenvalue weighted by atomic mass is 10.0. The molecule has 2 aliphatic heterocycles. The highest BCUT2D eigenvalue weighted by Gasteiger charge is 2.31. The molecule has 1 fully saturated rings. The van der Waals surface area contributed by atoms with Crippen molar-refractivity contribution in [2.45, 2.75) is 31.5 Å². The maximum absolute atomic E-state index is 12.3. The van der Waals surface area contributed by atoms with E-state index in [-0.39, 0.29) is 12.0 Å². The Hall–Kier alpha value is -1.99. The molecule has 2 heterocycles. The molecule has 25 heavy (non-hydrogen) atoms. The van der Waals surface area contributed by atoms with Crippen LogP contribution in [0.5, 0.6) is 11.5 Å². The molecular weight excluding hydrogens is 348 g/mol. The van der Waals surface area contributed by atoms with Crippen molar-refractivity contribution in [2.24, 2.45) is 5.16 Å². The maximum Gasteiger partial charge on any atom is 0.264 e. The van der Waals surface area contributed by atoms with Crippen LogP contribution in [0.2, 0.25) is 5.02 Å². The lowest BCUT2D eigenvalue weighted by molar-refractivity contribution is -0.131. The third kappa shape index (κ3) is 3.99. The summed E-state index contributed by atoms with van der Waals surface area (Å²) in [6.07, 6.45) is 1.77. The average Bonchev–Trinajstić information content (AvgIpc) is 3.31. The second kappa shape index (κ2) is 7.93. The van der Waals surface area contributed by atoms with Gasteiger partial charge in [-0.15, -0.1) is 0 Å². The fourth-order valence-electron chi connectivity index (χ4n) is 2.90. The molecule has 136 valence electrons. The van der Waals surface area contributed by atoms with Crippen molar-refractivity contribution in [1.82, 2.24) is 5.32 Å². The van der Waals surface area contributed by atoms with E-state index in [1.54, 1.807) is 19.2 Å². The van der Waals surface area contributed by atoms with Crippen LogP contribution < -0.4 is 14.8 Å². The van der Waals surface area contributed by atoms with Gasteiger partial charge in [-0.25, -0.2) is 0 Å². The molecule has 1 saturated heterocycles. The number of ether oxygens (including phenoxy) is 3. The van der Waals surface area contributed by atoms with Gasteiger partial charge in [0.25, 0.3) is 5.91 Å². The first kappa shape index (κ1) is 17.8. The largest absolute Gasteiger partial charge is 0.496 e. The number of hydrogen-bond acceptors (Lipinski definition) is 6. The van der Waals surface area contributed by atoms with E-state index < -0.39 is 6.10 Å². The highest BCUT2D eigenvalue weighted by Crippen LogP contribution is 2.34. The van der Waals surface area contributed by atoms with E-state index in [0.717, 1.165) is 19.4 Å². The fourth-order valence-corrected chi connectivity index (χ4v) is 3.14. The van der Waals surface area contributed by atoms with Crippen molar-refractivity contribution in [3.05, 3.63) is 22.7 Å². The van der Waals surface area contributed by atoms with E-state index in [4.69, 9.17) is 30.6 Å². The predicted octanol–water partition coefficient (Wildman–Crippen LogP) is 2.15. The number of nitrogens with zero attached hydrogens (tertiary/aromatic N) is 1. The van der Waals surface area contributed by atoms with E-state index >= 15 is 0 Å². The minimum atomic E-state index is -0.665. The number of amides is 1. The van der Waals surface area contributed by atoms with Gasteiger partial charge in [-0.3, -0.25) is 4.79 Å². The van der Waals surface area contributed by atoms with Gasteiger partial charge in [0, 0.05) is 31.2 Å². The van der Waals surface area contributed by atoms with E-state index in [1.165, 1.54) is 7.11 Å². The monoisotopic (exact) mass is 368 g/mol. The molecule has 1 N–H and O–H groups in total. The third-order valence-electron chi connectivity index (χ3n) is 4.27. The Bertz CT molecular complexity index is 673. The summed E-state index contributed by atoms with van der Waals surface area (Å²) < 4.78 is 16.1. The van der Waals surface area contributed by atoms with Crippen LogP contribution in [-0.2, 0) is 14.4 Å². The first-order chi connectivity index (χ1) is 12.1. The van der Waals surface area contributed by atoms with Crippen molar-refractivity contribution in [3.8, 4) is 11.5 Å². The molecule has 0 aromatic heterocycles. The van der Waals surface area contributed by atoms with E-state index in [0.29, 0.717) is 40.8 Å². The van der Waals surface area contributed by atoms with Crippen LogP contribution in [0.15, 0.2) is 17.3 Å². The first-order valence-electron chi connectivity index (χ1n) is 8.16. The Morgan fingerprint density at radius 2 is 2.16 bits per heavy atom. The minimum absolute atomic E-state index is 0.0891. The van der Waals surface area contributed by atoms with E-state index in [9.17, 15) is 4.79 Å². The summed E-state index contributed by atoms with van der Waals surface area (Å²) in [5.74, 6) is 0.865. The molecule has 8 heteroatoms. The van der Waals surface area contributed by atoms with Crippen LogP contribution >= 0.6 is 11.6 Å². The second-order valence-corrected chi connectivity index (χ2v) is 6.31. The normalized spacial score (nSPS) is 22.3. The van der Waals surface area contributed by atoms with Gasteiger partial charge in [0.05, 0.1) is 31.1 Å². The van der Waals surface area contributed by atoms with Crippen molar-refractivity contribution in [1.29, 1.82) is 0 Å². The predicted molar refractivity (Wildman–Crippen MR) is 92.6 cm³/mol. The Labute approximate surface area is 151 Å². The zero-order chi connectivity index (χ0) is 17.8. The van der Waals surface area contributed by atoms with Gasteiger partial charge in [-0.1, -0.05) is 16.8 Å². The number of methoxy groups -OCH3 is 2. The summed E-state index contributed by atoms with van der Waals surface area (Å²) in [6, 6.07) is 3.39. The SMILES string of the molecule is COc1cc(OC)c(C2=NO[C@H](C(=O)NC[C@@H]3CCCO3)C2)cc1Cl. The molecule has 1 aromatic rings. The van der Waals surface area contributed by atoms with Crippen molar-refractivity contribution in [3.63, 3.8) is 0 Å². The maximum atomic E-state index is 12.3. The first-order valence-corrected chi connectivity index (χ1v) is 8.54. The second-order valence-electron chi connectivity index (χ2n) is 5.90. The van der Waals surface area contributed by atoms with Crippen molar-refractivity contribution in [2.75, 3.05) is 27.4 Å². The van der Waals surface area contributed by atoms with Gasteiger partial charge in [-0.2, -0.15) is 0 Å². The zero-order valence-corrected chi connectivity index (χ0v) is 15.0. The molecular formula is C17H21ClN2O5. The van der Waals surface area contributed by atoms with Crippen LogP contribution in [0.1, 0.15) is 24.8 Å². The summed E-state index contributed by atoms with van der Waals surface area (Å²) in [5, 5.41) is 7.33. The number of halogens is 1. The van der Waals surface area contributed by atoms with Crippen LogP contribution in [0.4, 0.5) is 0 Å². The van der Waals surface area contributed by atoms with Crippen LogP contribution in [0.25, 0.3) is 0 Å². The van der Waals surface area contributed by atoms with Gasteiger partial charge in [0.1, 0.15) is 11.5 Å². The molecule has 0 bridgehead atoms. The average molecular weight is 369 g/mol. The smallest absolute Gasteiger partial charge is 0.264 e. The molecule has 0 saturated carbocycles. The summed E-state index contributed by atoms with van der Waals surface area (Å²) in [6.45, 7) is 1.25. The lowest BCUT2D eigenvalue weighted by Gasteiger charge is -2.13. The standard InChI is InChI=1S/C17H21ClN2O5/c1-22-14-8-15(23-2)12(18)6-11(14)13-7-16(25-20-13)17(21)19-9-10-4-3-5-24-10/h6,8,10,16H,3-5,7,9H2,1-2H3,(H,19,21)/t10-,16-/m0/s1. The topological polar surface area (TPSA) is 78.4 Å². The fraction of sp³-hybridized carbons (Fsp3) is 0.529. The van der Waals surface area contributed by atoms with Crippen LogP contribution in [0, 0.1) is 0 Å². The molecule has 0 aliphatic carbocycles. The van der Waals surface area contributed by atoms with E-state index in [2.05, 4.69) is 10.5 Å². The minimum Gasteiger partial charge on any atom is -0.496 e. The molecule has 0 unspecified atom stereocenters. The van der Waals surface area contributed by atoms with Gasteiger partial charge in [0.2, 0.25) is 6.10 Å². The molecule has 7 nitrogen and oxygen atoms in total. The van der Waals surface area contributed by atoms with Gasteiger partial charge in [-0.05, 0) is 18.9 Å². The molecule has 0 radical (unpaired) electrons. The quantitative estimate of drug-likeness (QED) is 0.832. The highest BCUT2D eigenvalue weighted by atomic mass is 35.5. The third-order valence-corrected chi connectivity index (χ3v) is 4.57. The number of hydrogen-bond donors (Lipinski definition) is 1. The lowest BCUT2D eigenvalue weighted by Crippen LogP contribution is -2.39. The number of benzene rings is 1. The van der Waals surface area contributed by atoms with Crippen LogP contribution in [0.3, 0.4) is 0 Å². The van der Waals surface area contributed by atoms with E-state index in [1.807, 2.05) is 0 Å². The zero-order valence-electron chi connectivity index (χ0n) is 14.2. The molecule has 0 spiro atoms. The number of rotatable bonds is 6.